The number of hydrogen-bond acceptors (Lipinski definition) is 4. The molecule has 1 aliphatic carbocycles. The van der Waals surface area contributed by atoms with Crippen LogP contribution < -0.4 is 16.8 Å². The summed E-state index contributed by atoms with van der Waals surface area (Å²) in [5, 5.41) is 2.98. The lowest BCUT2D eigenvalue weighted by atomic mass is 9.75. The van der Waals surface area contributed by atoms with Crippen LogP contribution in [-0.4, -0.2) is 37.0 Å². The lowest BCUT2D eigenvalue weighted by Crippen LogP contribution is -2.57. The predicted octanol–water partition coefficient (Wildman–Crippen LogP) is 1.07. The molecule has 0 heterocycles. The number of benzene rings is 1. The Labute approximate surface area is 113 Å². The van der Waals surface area contributed by atoms with Gasteiger partial charge in [-0.3, -0.25) is 4.79 Å². The van der Waals surface area contributed by atoms with E-state index in [4.69, 9.17) is 11.5 Å². The Balaban J connectivity index is 2.01. The summed E-state index contributed by atoms with van der Waals surface area (Å²) >= 11 is 0. The summed E-state index contributed by atoms with van der Waals surface area (Å²) in [7, 11) is 4.12. The van der Waals surface area contributed by atoms with Gasteiger partial charge in [-0.15, -0.1) is 0 Å². The van der Waals surface area contributed by atoms with Gasteiger partial charge in [0, 0.05) is 23.5 Å². The van der Waals surface area contributed by atoms with Gasteiger partial charge in [-0.1, -0.05) is 0 Å². The Morgan fingerprint density at radius 3 is 2.53 bits per heavy atom. The van der Waals surface area contributed by atoms with Crippen LogP contribution in [-0.2, 0) is 0 Å². The average molecular weight is 262 g/mol. The van der Waals surface area contributed by atoms with Crippen LogP contribution in [0.15, 0.2) is 18.2 Å². The van der Waals surface area contributed by atoms with Gasteiger partial charge >= 0.3 is 0 Å². The molecule has 0 saturated heterocycles. The minimum absolute atomic E-state index is 0.109. The maximum atomic E-state index is 12.1. The Bertz CT molecular complexity index is 480. The summed E-state index contributed by atoms with van der Waals surface area (Å²) in [4.78, 5) is 14.3. The predicted molar refractivity (Wildman–Crippen MR) is 77.9 cm³/mol. The summed E-state index contributed by atoms with van der Waals surface area (Å²) in [6, 6.07) is 4.97. The normalized spacial score (nSPS) is 17.0. The smallest absolute Gasteiger partial charge is 0.253 e. The van der Waals surface area contributed by atoms with Crippen molar-refractivity contribution in [1.82, 2.24) is 10.2 Å². The monoisotopic (exact) mass is 262 g/mol. The van der Waals surface area contributed by atoms with Crippen LogP contribution in [0.3, 0.4) is 0 Å². The van der Waals surface area contributed by atoms with Gasteiger partial charge in [0.25, 0.3) is 5.91 Å². The molecule has 0 aromatic heterocycles. The van der Waals surface area contributed by atoms with E-state index in [2.05, 4.69) is 24.3 Å². The molecule has 1 saturated carbocycles. The van der Waals surface area contributed by atoms with Crippen LogP contribution in [0.25, 0.3) is 0 Å². The van der Waals surface area contributed by atoms with Crippen molar-refractivity contribution in [2.24, 2.45) is 0 Å². The van der Waals surface area contributed by atoms with E-state index >= 15 is 0 Å². The van der Waals surface area contributed by atoms with E-state index < -0.39 is 0 Å². The molecule has 19 heavy (non-hydrogen) atoms. The fraction of sp³-hybridized carbons (Fsp3) is 0.500. The molecule has 104 valence electrons. The van der Waals surface area contributed by atoms with Gasteiger partial charge in [-0.25, -0.2) is 0 Å². The molecule has 0 bridgehead atoms. The Hall–Kier alpha value is -1.75. The molecule has 0 radical (unpaired) electrons. The van der Waals surface area contributed by atoms with Gasteiger partial charge in [-0.2, -0.15) is 0 Å². The zero-order valence-corrected chi connectivity index (χ0v) is 11.6. The van der Waals surface area contributed by atoms with Crippen molar-refractivity contribution < 1.29 is 4.79 Å². The second kappa shape index (κ2) is 5.09. The van der Waals surface area contributed by atoms with Crippen molar-refractivity contribution in [2.45, 2.75) is 24.8 Å². The van der Waals surface area contributed by atoms with E-state index in [0.29, 0.717) is 23.5 Å². The minimum Gasteiger partial charge on any atom is -0.399 e. The summed E-state index contributed by atoms with van der Waals surface area (Å²) in [6.45, 7) is 0.655. The molecule has 0 unspecified atom stereocenters. The quantitative estimate of drug-likeness (QED) is 0.709. The first-order valence-electron chi connectivity index (χ1n) is 6.55. The number of nitrogens with zero attached hydrogens (tertiary/aromatic N) is 1. The molecule has 1 amide bonds. The van der Waals surface area contributed by atoms with Crippen LogP contribution in [0.1, 0.15) is 29.6 Å². The number of carbonyl (C=O) groups excluding carboxylic acids is 1. The van der Waals surface area contributed by atoms with Crippen molar-refractivity contribution >= 4 is 17.3 Å². The molecular formula is C14H22N4O. The molecule has 5 heteroatoms. The van der Waals surface area contributed by atoms with Crippen LogP contribution in [0.4, 0.5) is 11.4 Å². The van der Waals surface area contributed by atoms with Crippen LogP contribution in [0.5, 0.6) is 0 Å². The first-order valence-corrected chi connectivity index (χ1v) is 6.55. The number of anilines is 2. The van der Waals surface area contributed by atoms with E-state index in [1.807, 2.05) is 0 Å². The van der Waals surface area contributed by atoms with Gasteiger partial charge in [0.2, 0.25) is 0 Å². The fourth-order valence-corrected chi connectivity index (χ4v) is 2.50. The average Bonchev–Trinajstić information content (AvgIpc) is 2.26. The molecule has 0 spiro atoms. The third-order valence-corrected chi connectivity index (χ3v) is 4.13. The highest BCUT2D eigenvalue weighted by Gasteiger charge is 2.39. The SMILES string of the molecule is CN(C)C1(CNC(=O)c2ccc(N)cc2N)CCC1. The molecule has 2 rings (SSSR count). The zero-order valence-electron chi connectivity index (χ0n) is 11.6. The molecular weight excluding hydrogens is 240 g/mol. The molecule has 1 aromatic rings. The summed E-state index contributed by atoms with van der Waals surface area (Å²) in [5.74, 6) is -0.134. The van der Waals surface area contributed by atoms with Crippen molar-refractivity contribution in [2.75, 3.05) is 32.1 Å². The number of rotatable bonds is 4. The molecule has 1 fully saturated rings. The summed E-state index contributed by atoms with van der Waals surface area (Å²) in [6.07, 6.45) is 3.47. The molecule has 0 aliphatic heterocycles. The standard InChI is InChI=1S/C14H22N4O/c1-18(2)14(6-3-7-14)9-17-13(19)11-5-4-10(15)8-12(11)16/h4-5,8H,3,6-7,9,15-16H2,1-2H3,(H,17,19). The van der Waals surface area contributed by atoms with Gasteiger partial charge < -0.3 is 21.7 Å². The van der Waals surface area contributed by atoms with Crippen LogP contribution >= 0.6 is 0 Å². The number of carbonyl (C=O) groups is 1. The number of amides is 1. The second-order valence-electron chi connectivity index (χ2n) is 5.50. The molecule has 1 aliphatic rings. The second-order valence-corrected chi connectivity index (χ2v) is 5.50. The number of hydrogen-bond donors (Lipinski definition) is 3. The number of nitrogens with one attached hydrogen (secondary N) is 1. The maximum Gasteiger partial charge on any atom is 0.253 e. The zero-order chi connectivity index (χ0) is 14.0. The fourth-order valence-electron chi connectivity index (χ4n) is 2.50. The van der Waals surface area contributed by atoms with Crippen molar-refractivity contribution in [3.63, 3.8) is 0 Å². The first kappa shape index (κ1) is 13.7. The summed E-state index contributed by atoms with van der Waals surface area (Å²) < 4.78 is 0. The van der Waals surface area contributed by atoms with Crippen molar-refractivity contribution in [3.05, 3.63) is 23.8 Å². The van der Waals surface area contributed by atoms with Crippen LogP contribution in [0.2, 0.25) is 0 Å². The van der Waals surface area contributed by atoms with Crippen molar-refractivity contribution in [3.8, 4) is 0 Å². The summed E-state index contributed by atoms with van der Waals surface area (Å²) in [5.41, 5.74) is 13.0. The van der Waals surface area contributed by atoms with E-state index in [0.717, 1.165) is 12.8 Å². The Morgan fingerprint density at radius 1 is 1.37 bits per heavy atom. The number of nitrogen functional groups attached to an aromatic ring is 2. The van der Waals surface area contributed by atoms with E-state index in [9.17, 15) is 4.79 Å². The van der Waals surface area contributed by atoms with Gasteiger partial charge in [0.15, 0.2) is 0 Å². The van der Waals surface area contributed by atoms with Crippen LogP contribution in [0, 0.1) is 0 Å². The number of nitrogens with two attached hydrogens (primary N) is 2. The highest BCUT2D eigenvalue weighted by atomic mass is 16.1. The van der Waals surface area contributed by atoms with E-state index in [1.165, 1.54) is 6.42 Å². The molecule has 0 atom stereocenters. The maximum absolute atomic E-state index is 12.1. The molecule has 1 aromatic carbocycles. The highest BCUT2D eigenvalue weighted by molar-refractivity contribution is 5.99. The lowest BCUT2D eigenvalue weighted by Gasteiger charge is -2.47. The van der Waals surface area contributed by atoms with Gasteiger partial charge in [0.1, 0.15) is 0 Å². The Morgan fingerprint density at radius 2 is 2.05 bits per heavy atom. The van der Waals surface area contributed by atoms with Gasteiger partial charge in [-0.05, 0) is 51.6 Å². The third-order valence-electron chi connectivity index (χ3n) is 4.13. The number of likely N-dealkylation sites (N-methyl/N-ethyl adjacent to an activating group) is 1. The molecule has 5 nitrogen and oxygen atoms in total. The van der Waals surface area contributed by atoms with E-state index in [-0.39, 0.29) is 11.4 Å². The highest BCUT2D eigenvalue weighted by Crippen LogP contribution is 2.35. The lowest BCUT2D eigenvalue weighted by molar-refractivity contribution is 0.0558. The van der Waals surface area contributed by atoms with Gasteiger partial charge in [0.05, 0.1) is 5.56 Å². The third kappa shape index (κ3) is 2.66. The molecule has 5 N–H and O–H groups in total. The minimum atomic E-state index is -0.134. The Kier molecular flexibility index (Phi) is 3.66. The first-order chi connectivity index (χ1) is 8.94. The van der Waals surface area contributed by atoms with E-state index in [1.54, 1.807) is 18.2 Å². The largest absolute Gasteiger partial charge is 0.399 e. The topological polar surface area (TPSA) is 84.4 Å². The van der Waals surface area contributed by atoms with Crippen molar-refractivity contribution in [1.29, 1.82) is 0 Å².